The van der Waals surface area contributed by atoms with Crippen molar-refractivity contribution in [2.24, 2.45) is 7.05 Å². The number of aryl methyl sites for hydroxylation is 1. The fraction of sp³-hybridized carbons (Fsp3) is 0.571. The molecule has 1 fully saturated rings. The summed E-state index contributed by atoms with van der Waals surface area (Å²) in [5.74, 6) is 1.73. The lowest BCUT2D eigenvalue weighted by atomic mass is 10.00. The third-order valence-corrected chi connectivity index (χ3v) is 4.18. The molecule has 1 atom stereocenters. The molecule has 3 rings (SSSR count). The van der Waals surface area contributed by atoms with Crippen LogP contribution in [0.3, 0.4) is 0 Å². The van der Waals surface area contributed by atoms with Gasteiger partial charge in [0.05, 0.1) is 11.8 Å². The van der Waals surface area contributed by atoms with Gasteiger partial charge in [0, 0.05) is 31.7 Å². The molecule has 19 heavy (non-hydrogen) atoms. The standard InChI is InChI=1S/C14H19ClN4/c1-18-10-17-13-12(18)6-8-16-14(13)19-9-3-2-4-11(19)5-7-15/h6,8,10-11H,2-5,7,9H2,1H3. The molecule has 102 valence electrons. The molecule has 0 radical (unpaired) electrons. The van der Waals surface area contributed by atoms with Crippen molar-refractivity contribution in [1.82, 2.24) is 14.5 Å². The Labute approximate surface area is 118 Å². The first-order valence-corrected chi connectivity index (χ1v) is 7.43. The second kappa shape index (κ2) is 5.37. The Morgan fingerprint density at radius 2 is 2.26 bits per heavy atom. The molecule has 3 heterocycles. The van der Waals surface area contributed by atoms with Crippen LogP contribution < -0.4 is 4.90 Å². The number of hydrogen-bond acceptors (Lipinski definition) is 3. The Morgan fingerprint density at radius 3 is 3.11 bits per heavy atom. The summed E-state index contributed by atoms with van der Waals surface area (Å²) in [5, 5.41) is 0. The number of hydrogen-bond donors (Lipinski definition) is 0. The van der Waals surface area contributed by atoms with Gasteiger partial charge in [0.25, 0.3) is 0 Å². The predicted molar refractivity (Wildman–Crippen MR) is 78.8 cm³/mol. The molecule has 0 saturated carbocycles. The second-order valence-corrected chi connectivity index (χ2v) is 5.56. The van der Waals surface area contributed by atoms with E-state index in [0.717, 1.165) is 29.8 Å². The van der Waals surface area contributed by atoms with Gasteiger partial charge in [-0.1, -0.05) is 0 Å². The Kier molecular flexibility index (Phi) is 3.60. The van der Waals surface area contributed by atoms with Gasteiger partial charge in [-0.25, -0.2) is 9.97 Å². The van der Waals surface area contributed by atoms with Crippen molar-refractivity contribution in [3.8, 4) is 0 Å². The number of aromatic nitrogens is 3. The highest BCUT2D eigenvalue weighted by Crippen LogP contribution is 2.29. The van der Waals surface area contributed by atoms with E-state index in [1.54, 1.807) is 0 Å². The van der Waals surface area contributed by atoms with E-state index < -0.39 is 0 Å². The lowest BCUT2D eigenvalue weighted by Crippen LogP contribution is -2.40. The van der Waals surface area contributed by atoms with Crippen molar-refractivity contribution in [2.75, 3.05) is 17.3 Å². The Hall–Kier alpha value is -1.29. The highest BCUT2D eigenvalue weighted by Gasteiger charge is 2.25. The van der Waals surface area contributed by atoms with Crippen LogP contribution in [0.25, 0.3) is 11.0 Å². The summed E-state index contributed by atoms with van der Waals surface area (Å²) < 4.78 is 2.04. The SMILES string of the molecule is Cn1cnc2c(N3CCCCC3CCCl)nccc21. The molecule has 0 bridgehead atoms. The molecule has 1 aliphatic rings. The maximum atomic E-state index is 5.94. The van der Waals surface area contributed by atoms with Crippen LogP contribution in [0.15, 0.2) is 18.6 Å². The number of nitrogens with zero attached hydrogens (tertiary/aromatic N) is 4. The van der Waals surface area contributed by atoms with Crippen molar-refractivity contribution in [2.45, 2.75) is 31.7 Å². The summed E-state index contributed by atoms with van der Waals surface area (Å²) in [6, 6.07) is 2.53. The summed E-state index contributed by atoms with van der Waals surface area (Å²) in [6.07, 6.45) is 8.48. The van der Waals surface area contributed by atoms with Crippen molar-refractivity contribution in [1.29, 1.82) is 0 Å². The number of pyridine rings is 1. The Balaban J connectivity index is 2.01. The van der Waals surface area contributed by atoms with Crippen LogP contribution in [0.2, 0.25) is 0 Å². The first-order chi connectivity index (χ1) is 9.31. The first-order valence-electron chi connectivity index (χ1n) is 6.90. The summed E-state index contributed by atoms with van der Waals surface area (Å²) in [7, 11) is 2.02. The van der Waals surface area contributed by atoms with E-state index in [0.29, 0.717) is 11.9 Å². The largest absolute Gasteiger partial charge is 0.352 e. The number of imidazole rings is 1. The van der Waals surface area contributed by atoms with E-state index in [2.05, 4.69) is 14.9 Å². The molecule has 0 aromatic carbocycles. The van der Waals surface area contributed by atoms with Crippen LogP contribution in [0.4, 0.5) is 5.82 Å². The highest BCUT2D eigenvalue weighted by molar-refractivity contribution is 6.17. The van der Waals surface area contributed by atoms with Gasteiger partial charge >= 0.3 is 0 Å². The molecule has 2 aromatic rings. The topological polar surface area (TPSA) is 34.0 Å². The smallest absolute Gasteiger partial charge is 0.156 e. The van der Waals surface area contributed by atoms with Crippen LogP contribution in [-0.2, 0) is 7.05 Å². The van der Waals surface area contributed by atoms with Crippen molar-refractivity contribution in [3.05, 3.63) is 18.6 Å². The van der Waals surface area contributed by atoms with Gasteiger partial charge in [-0.05, 0) is 31.7 Å². The fourth-order valence-electron chi connectivity index (χ4n) is 2.96. The number of piperidine rings is 1. The van der Waals surface area contributed by atoms with Gasteiger partial charge < -0.3 is 9.47 Å². The zero-order valence-electron chi connectivity index (χ0n) is 11.2. The van der Waals surface area contributed by atoms with Crippen molar-refractivity contribution in [3.63, 3.8) is 0 Å². The van der Waals surface area contributed by atoms with Crippen LogP contribution >= 0.6 is 11.6 Å². The quantitative estimate of drug-likeness (QED) is 0.810. The maximum absolute atomic E-state index is 5.94. The molecule has 1 aliphatic heterocycles. The number of rotatable bonds is 3. The van der Waals surface area contributed by atoms with Crippen molar-refractivity contribution < 1.29 is 0 Å². The lowest BCUT2D eigenvalue weighted by molar-refractivity contribution is 0.449. The molecular weight excluding hydrogens is 260 g/mol. The lowest BCUT2D eigenvalue weighted by Gasteiger charge is -2.36. The minimum atomic E-state index is 0.506. The normalized spacial score (nSPS) is 20.1. The molecule has 4 nitrogen and oxygen atoms in total. The minimum Gasteiger partial charge on any atom is -0.352 e. The zero-order valence-corrected chi connectivity index (χ0v) is 12.0. The first kappa shape index (κ1) is 12.7. The molecule has 2 aromatic heterocycles. The molecule has 5 heteroatoms. The summed E-state index contributed by atoms with van der Waals surface area (Å²) in [5.41, 5.74) is 2.15. The highest BCUT2D eigenvalue weighted by atomic mass is 35.5. The van der Waals surface area contributed by atoms with Gasteiger partial charge in [0.15, 0.2) is 5.82 Å². The fourth-order valence-corrected chi connectivity index (χ4v) is 3.22. The molecule has 0 amide bonds. The minimum absolute atomic E-state index is 0.506. The number of halogens is 1. The third kappa shape index (κ3) is 2.29. The van der Waals surface area contributed by atoms with Gasteiger partial charge in [0.2, 0.25) is 0 Å². The third-order valence-electron chi connectivity index (χ3n) is 3.97. The molecule has 0 aliphatic carbocycles. The predicted octanol–water partition coefficient (Wildman–Crippen LogP) is 2.96. The van der Waals surface area contributed by atoms with Crippen LogP contribution in [0.5, 0.6) is 0 Å². The molecular formula is C14H19ClN4. The number of anilines is 1. The zero-order chi connectivity index (χ0) is 13.2. The van der Waals surface area contributed by atoms with E-state index in [1.165, 1.54) is 19.3 Å². The van der Waals surface area contributed by atoms with Gasteiger partial charge in [-0.3, -0.25) is 0 Å². The molecule has 1 unspecified atom stereocenters. The monoisotopic (exact) mass is 278 g/mol. The molecule has 0 N–H and O–H groups in total. The van der Waals surface area contributed by atoms with E-state index in [4.69, 9.17) is 11.6 Å². The van der Waals surface area contributed by atoms with Crippen molar-refractivity contribution >= 4 is 28.5 Å². The van der Waals surface area contributed by atoms with E-state index in [9.17, 15) is 0 Å². The number of alkyl halides is 1. The Bertz CT molecular complexity index is 564. The average Bonchev–Trinajstić information content (AvgIpc) is 2.82. The number of fused-ring (bicyclic) bond motifs is 1. The van der Waals surface area contributed by atoms with Crippen LogP contribution in [-0.4, -0.2) is 33.0 Å². The summed E-state index contributed by atoms with van der Waals surface area (Å²) in [6.45, 7) is 1.06. The average molecular weight is 279 g/mol. The maximum Gasteiger partial charge on any atom is 0.156 e. The Morgan fingerprint density at radius 1 is 1.37 bits per heavy atom. The molecule has 0 spiro atoms. The van der Waals surface area contributed by atoms with Crippen LogP contribution in [0.1, 0.15) is 25.7 Å². The molecule has 1 saturated heterocycles. The van der Waals surface area contributed by atoms with E-state index in [1.807, 2.05) is 30.2 Å². The van der Waals surface area contributed by atoms with E-state index >= 15 is 0 Å². The van der Waals surface area contributed by atoms with Gasteiger partial charge in [-0.15, -0.1) is 11.6 Å². The second-order valence-electron chi connectivity index (χ2n) is 5.18. The van der Waals surface area contributed by atoms with Crippen LogP contribution in [0, 0.1) is 0 Å². The summed E-state index contributed by atoms with van der Waals surface area (Å²) >= 11 is 5.94. The van der Waals surface area contributed by atoms with Gasteiger partial charge in [0.1, 0.15) is 5.52 Å². The summed E-state index contributed by atoms with van der Waals surface area (Å²) in [4.78, 5) is 11.5. The van der Waals surface area contributed by atoms with E-state index in [-0.39, 0.29) is 0 Å². The van der Waals surface area contributed by atoms with Gasteiger partial charge in [-0.2, -0.15) is 0 Å².